The van der Waals surface area contributed by atoms with Crippen molar-refractivity contribution in [3.63, 3.8) is 0 Å². The van der Waals surface area contributed by atoms with Gasteiger partial charge in [-0.15, -0.1) is 10.2 Å². The maximum atomic E-state index is 5.09. The van der Waals surface area contributed by atoms with E-state index >= 15 is 0 Å². The molecule has 3 rings (SSSR count). The van der Waals surface area contributed by atoms with Crippen LogP contribution in [0, 0.1) is 0 Å². The summed E-state index contributed by atoms with van der Waals surface area (Å²) in [6.45, 7) is 2.28. The summed E-state index contributed by atoms with van der Waals surface area (Å²) in [5.74, 6) is 1.71. The van der Waals surface area contributed by atoms with Crippen LogP contribution in [0.1, 0.15) is 18.6 Å². The lowest BCUT2D eigenvalue weighted by Gasteiger charge is -1.94. The molecule has 0 aliphatic heterocycles. The largest absolute Gasteiger partial charge is 0.337 e. The lowest BCUT2D eigenvalue weighted by Crippen LogP contribution is -2.04. The molecule has 2 heterocycles. The van der Waals surface area contributed by atoms with Gasteiger partial charge in [0, 0.05) is 16.5 Å². The Morgan fingerprint density at radius 1 is 1.25 bits per heavy atom. The monoisotopic (exact) mass is 334 g/mol. The molecule has 2 aromatic heterocycles. The van der Waals surface area contributed by atoms with Gasteiger partial charge in [0.25, 0.3) is 0 Å². The van der Waals surface area contributed by atoms with Gasteiger partial charge >= 0.3 is 0 Å². The molecule has 0 atom stereocenters. The predicted molar refractivity (Wildman–Crippen MR) is 73.7 cm³/mol. The number of aryl methyl sites for hydroxylation is 1. The van der Waals surface area contributed by atoms with E-state index in [0.29, 0.717) is 24.1 Å². The molecule has 0 saturated heterocycles. The molecule has 1 aromatic carbocycles. The zero-order chi connectivity index (χ0) is 13.9. The Hall–Kier alpha value is -2.09. The molecule has 0 unspecified atom stereocenters. The van der Waals surface area contributed by atoms with Crippen molar-refractivity contribution in [3.05, 3.63) is 40.5 Å². The first-order valence-electron chi connectivity index (χ1n) is 6.10. The minimum absolute atomic E-state index is 0.316. The second-order valence-electron chi connectivity index (χ2n) is 4.11. The first-order chi connectivity index (χ1) is 9.74. The van der Waals surface area contributed by atoms with Crippen LogP contribution in [0.2, 0.25) is 0 Å². The van der Waals surface area contributed by atoms with Crippen LogP contribution >= 0.6 is 15.9 Å². The van der Waals surface area contributed by atoms with Crippen LogP contribution in [0.3, 0.4) is 0 Å². The zero-order valence-electron chi connectivity index (χ0n) is 10.7. The lowest BCUT2D eigenvalue weighted by molar-refractivity contribution is 0.352. The van der Waals surface area contributed by atoms with Crippen molar-refractivity contribution in [1.82, 2.24) is 30.3 Å². The van der Waals surface area contributed by atoms with E-state index < -0.39 is 0 Å². The molecule has 0 aliphatic carbocycles. The topological polar surface area (TPSA) is 82.5 Å². The van der Waals surface area contributed by atoms with Gasteiger partial charge in [-0.2, -0.15) is 9.78 Å². The molecule has 8 heteroatoms. The molecular weight excluding hydrogens is 324 g/mol. The van der Waals surface area contributed by atoms with Crippen LogP contribution in [0.4, 0.5) is 0 Å². The van der Waals surface area contributed by atoms with E-state index in [9.17, 15) is 0 Å². The molecule has 0 spiro atoms. The molecule has 20 heavy (non-hydrogen) atoms. The molecule has 0 radical (unpaired) electrons. The van der Waals surface area contributed by atoms with Crippen LogP contribution in [0.25, 0.3) is 11.4 Å². The minimum atomic E-state index is 0.316. The summed E-state index contributed by atoms with van der Waals surface area (Å²) >= 11 is 3.39. The highest BCUT2D eigenvalue weighted by Crippen LogP contribution is 2.17. The van der Waals surface area contributed by atoms with Gasteiger partial charge in [-0.25, -0.2) is 0 Å². The standard InChI is InChI=1S/C12H11BrN6O/c1-2-10-14-11(20-17-10)7-19-16-12(15-18-19)8-3-5-9(13)6-4-8/h3-6H,2,7H2,1H3. The van der Waals surface area contributed by atoms with E-state index in [-0.39, 0.29) is 0 Å². The molecule has 0 amide bonds. The number of hydrogen-bond acceptors (Lipinski definition) is 6. The van der Waals surface area contributed by atoms with Crippen molar-refractivity contribution in [2.24, 2.45) is 0 Å². The van der Waals surface area contributed by atoms with Crippen molar-refractivity contribution in [2.45, 2.75) is 19.9 Å². The van der Waals surface area contributed by atoms with Gasteiger partial charge in [-0.3, -0.25) is 0 Å². The molecule has 3 aromatic rings. The lowest BCUT2D eigenvalue weighted by atomic mass is 10.2. The van der Waals surface area contributed by atoms with Crippen LogP contribution in [-0.4, -0.2) is 30.3 Å². The second-order valence-corrected chi connectivity index (χ2v) is 5.02. The van der Waals surface area contributed by atoms with Gasteiger partial charge < -0.3 is 4.52 Å². The summed E-state index contributed by atoms with van der Waals surface area (Å²) in [6.07, 6.45) is 0.735. The SMILES string of the molecule is CCc1noc(Cn2nnc(-c3ccc(Br)cc3)n2)n1. The Balaban J connectivity index is 1.78. The van der Waals surface area contributed by atoms with E-state index in [1.54, 1.807) is 0 Å². The van der Waals surface area contributed by atoms with E-state index in [1.807, 2.05) is 31.2 Å². The number of halogens is 1. The first-order valence-corrected chi connectivity index (χ1v) is 6.89. The van der Waals surface area contributed by atoms with Gasteiger partial charge in [0.1, 0.15) is 6.54 Å². The fourth-order valence-electron chi connectivity index (χ4n) is 1.64. The minimum Gasteiger partial charge on any atom is -0.337 e. The quantitative estimate of drug-likeness (QED) is 0.726. The number of aromatic nitrogens is 6. The Morgan fingerprint density at radius 3 is 2.75 bits per heavy atom. The summed E-state index contributed by atoms with van der Waals surface area (Å²) in [5.41, 5.74) is 0.902. The van der Waals surface area contributed by atoms with Crippen LogP contribution in [0.15, 0.2) is 33.3 Å². The number of rotatable bonds is 4. The van der Waals surface area contributed by atoms with Crippen LogP contribution in [-0.2, 0) is 13.0 Å². The number of nitrogens with zero attached hydrogens (tertiary/aromatic N) is 6. The van der Waals surface area contributed by atoms with Crippen molar-refractivity contribution in [1.29, 1.82) is 0 Å². The normalized spacial score (nSPS) is 10.9. The summed E-state index contributed by atoms with van der Waals surface area (Å²) in [6, 6.07) is 7.71. The van der Waals surface area contributed by atoms with Crippen molar-refractivity contribution >= 4 is 15.9 Å². The maximum Gasteiger partial charge on any atom is 0.250 e. The Morgan fingerprint density at radius 2 is 2.05 bits per heavy atom. The van der Waals surface area contributed by atoms with Crippen molar-refractivity contribution in [3.8, 4) is 11.4 Å². The smallest absolute Gasteiger partial charge is 0.250 e. The van der Waals surface area contributed by atoms with E-state index in [2.05, 4.69) is 41.5 Å². The molecule has 0 N–H and O–H groups in total. The summed E-state index contributed by atoms with van der Waals surface area (Å²) in [5, 5.41) is 16.1. The molecule has 0 fully saturated rings. The summed E-state index contributed by atoms with van der Waals surface area (Å²) in [4.78, 5) is 5.64. The average Bonchev–Trinajstić information content (AvgIpc) is 3.09. The number of tetrazole rings is 1. The third-order valence-corrected chi connectivity index (χ3v) is 3.19. The predicted octanol–water partition coefficient (Wildman–Crippen LogP) is 2.10. The highest BCUT2D eigenvalue weighted by Gasteiger charge is 2.10. The first kappa shape index (κ1) is 12.9. The van der Waals surface area contributed by atoms with Gasteiger partial charge in [0.05, 0.1) is 0 Å². The summed E-state index contributed by atoms with van der Waals surface area (Å²) < 4.78 is 6.10. The van der Waals surface area contributed by atoms with E-state index in [1.165, 1.54) is 4.80 Å². The highest BCUT2D eigenvalue weighted by atomic mass is 79.9. The van der Waals surface area contributed by atoms with Crippen LogP contribution < -0.4 is 0 Å². The van der Waals surface area contributed by atoms with E-state index in [4.69, 9.17) is 4.52 Å². The van der Waals surface area contributed by atoms with E-state index in [0.717, 1.165) is 16.5 Å². The zero-order valence-corrected chi connectivity index (χ0v) is 12.3. The van der Waals surface area contributed by atoms with Gasteiger partial charge in [0.15, 0.2) is 5.82 Å². The fourth-order valence-corrected chi connectivity index (χ4v) is 1.91. The highest BCUT2D eigenvalue weighted by molar-refractivity contribution is 9.10. The van der Waals surface area contributed by atoms with Gasteiger partial charge in [-0.1, -0.05) is 28.0 Å². The van der Waals surface area contributed by atoms with Crippen molar-refractivity contribution < 1.29 is 4.52 Å². The number of benzene rings is 1. The maximum absolute atomic E-state index is 5.09. The summed E-state index contributed by atoms with van der Waals surface area (Å²) in [7, 11) is 0. The molecule has 7 nitrogen and oxygen atoms in total. The molecule has 102 valence electrons. The third kappa shape index (κ3) is 2.74. The molecular formula is C12H11BrN6O. The second kappa shape index (κ2) is 5.49. The Bertz CT molecular complexity index is 705. The Labute approximate surface area is 123 Å². The van der Waals surface area contributed by atoms with Gasteiger partial charge in [0.2, 0.25) is 11.7 Å². The third-order valence-electron chi connectivity index (χ3n) is 2.66. The molecule has 0 aliphatic rings. The van der Waals surface area contributed by atoms with Crippen LogP contribution in [0.5, 0.6) is 0 Å². The molecule has 0 saturated carbocycles. The fraction of sp³-hybridized carbons (Fsp3) is 0.250. The molecule has 0 bridgehead atoms. The Kier molecular flexibility index (Phi) is 3.55. The number of hydrogen-bond donors (Lipinski definition) is 0. The average molecular weight is 335 g/mol. The van der Waals surface area contributed by atoms with Crippen molar-refractivity contribution in [2.75, 3.05) is 0 Å². The van der Waals surface area contributed by atoms with Gasteiger partial charge in [-0.05, 0) is 29.5 Å².